The van der Waals surface area contributed by atoms with Crippen molar-refractivity contribution in [2.45, 2.75) is 6.92 Å². The van der Waals surface area contributed by atoms with Gasteiger partial charge in [0.25, 0.3) is 0 Å². The maximum Gasteiger partial charge on any atom is 0.0608 e. The topological polar surface area (TPSA) is 24.5 Å². The summed E-state index contributed by atoms with van der Waals surface area (Å²) in [5.74, 6) is 0. The number of morpholine rings is 1. The minimum absolute atomic E-state index is 0.816. The van der Waals surface area contributed by atoms with Crippen LogP contribution in [0.3, 0.4) is 0 Å². The zero-order valence-corrected chi connectivity index (χ0v) is 8.10. The zero-order chi connectivity index (χ0) is 8.81. The maximum atomic E-state index is 5.52. The van der Waals surface area contributed by atoms with E-state index in [-0.39, 0.29) is 0 Å². The average Bonchev–Trinajstić information content (AvgIpc) is 2.16. The summed E-state index contributed by atoms with van der Waals surface area (Å²) in [5.41, 5.74) is 6.02. The second-order valence-corrected chi connectivity index (χ2v) is 3.11. The predicted octanol–water partition coefficient (Wildman–Crippen LogP) is 0.966. The molecule has 1 aliphatic rings. The molecule has 0 unspecified atom stereocenters. The summed E-state index contributed by atoms with van der Waals surface area (Å²) >= 11 is 5.52. The van der Waals surface area contributed by atoms with Gasteiger partial charge in [-0.1, -0.05) is 11.6 Å². The van der Waals surface area contributed by atoms with Crippen LogP contribution < -0.4 is 5.43 Å². The summed E-state index contributed by atoms with van der Waals surface area (Å²) < 4.78 is 5.21. The Morgan fingerprint density at radius 3 is 2.83 bits per heavy atom. The second kappa shape index (κ2) is 5.54. The maximum absolute atomic E-state index is 5.52. The quantitative estimate of drug-likeness (QED) is 0.718. The van der Waals surface area contributed by atoms with Crippen molar-refractivity contribution in [1.29, 1.82) is 0 Å². The lowest BCUT2D eigenvalue weighted by Gasteiger charge is -2.27. The largest absolute Gasteiger partial charge is 0.379 e. The van der Waals surface area contributed by atoms with Gasteiger partial charge in [-0.3, -0.25) is 5.43 Å². The summed E-state index contributed by atoms with van der Waals surface area (Å²) in [6.45, 7) is 6.36. The van der Waals surface area contributed by atoms with Crippen molar-refractivity contribution in [3.8, 4) is 0 Å². The van der Waals surface area contributed by atoms with Gasteiger partial charge < -0.3 is 4.74 Å². The number of halogens is 1. The Labute approximate surface area is 78.3 Å². The molecule has 12 heavy (non-hydrogen) atoms. The van der Waals surface area contributed by atoms with E-state index in [0.29, 0.717) is 0 Å². The van der Waals surface area contributed by atoms with Gasteiger partial charge in [0, 0.05) is 25.2 Å². The number of hydrazine groups is 1. The highest BCUT2D eigenvalue weighted by Gasteiger charge is 2.08. The van der Waals surface area contributed by atoms with Crippen molar-refractivity contribution in [1.82, 2.24) is 10.4 Å². The van der Waals surface area contributed by atoms with Crippen molar-refractivity contribution in [3.63, 3.8) is 0 Å². The molecule has 3 nitrogen and oxygen atoms in total. The first-order valence-electron chi connectivity index (χ1n) is 4.15. The number of nitrogens with zero attached hydrogens (tertiary/aromatic N) is 1. The van der Waals surface area contributed by atoms with E-state index in [1.54, 1.807) is 5.54 Å². The van der Waals surface area contributed by atoms with Gasteiger partial charge in [0.1, 0.15) is 0 Å². The van der Waals surface area contributed by atoms with Crippen LogP contribution >= 0.6 is 11.6 Å². The van der Waals surface area contributed by atoms with E-state index in [1.165, 1.54) is 0 Å². The highest BCUT2D eigenvalue weighted by molar-refractivity contribution is 6.25. The molecule has 0 radical (unpaired) electrons. The third kappa shape index (κ3) is 3.54. The third-order valence-corrected chi connectivity index (χ3v) is 2.15. The van der Waals surface area contributed by atoms with E-state index in [9.17, 15) is 0 Å². The summed E-state index contributed by atoms with van der Waals surface area (Å²) in [6, 6.07) is 0. The van der Waals surface area contributed by atoms with Gasteiger partial charge in [-0.05, 0) is 12.5 Å². The van der Waals surface area contributed by atoms with Gasteiger partial charge in [0.05, 0.1) is 13.2 Å². The van der Waals surface area contributed by atoms with Gasteiger partial charge in [-0.15, -0.1) is 0 Å². The van der Waals surface area contributed by atoms with Crippen LogP contribution in [0.2, 0.25) is 0 Å². The Bertz CT molecular complexity index is 155. The highest BCUT2D eigenvalue weighted by Crippen LogP contribution is 1.96. The molecule has 70 valence electrons. The average molecular weight is 191 g/mol. The summed E-state index contributed by atoms with van der Waals surface area (Å²) in [6.07, 6.45) is 0. The van der Waals surface area contributed by atoms with Crippen LogP contribution in [-0.2, 0) is 4.74 Å². The van der Waals surface area contributed by atoms with Crippen molar-refractivity contribution >= 4 is 11.6 Å². The van der Waals surface area contributed by atoms with Crippen molar-refractivity contribution < 1.29 is 4.74 Å². The van der Waals surface area contributed by atoms with Crippen molar-refractivity contribution in [2.75, 3.05) is 32.8 Å². The Morgan fingerprint density at radius 2 is 2.25 bits per heavy atom. The number of hydrogen-bond acceptors (Lipinski definition) is 3. The molecular weight excluding hydrogens is 176 g/mol. The molecule has 0 spiro atoms. The van der Waals surface area contributed by atoms with Gasteiger partial charge in [-0.25, -0.2) is 5.01 Å². The van der Waals surface area contributed by atoms with Crippen LogP contribution in [0, 0.1) is 0 Å². The Kier molecular flexibility index (Phi) is 4.61. The molecule has 1 N–H and O–H groups in total. The summed E-state index contributed by atoms with van der Waals surface area (Å²) in [5, 5.41) is 2.16. The molecular formula is C8H15ClN2O. The van der Waals surface area contributed by atoms with Gasteiger partial charge in [0.2, 0.25) is 0 Å². The smallest absolute Gasteiger partial charge is 0.0608 e. The van der Waals surface area contributed by atoms with E-state index in [1.807, 2.05) is 6.92 Å². The normalized spacial score (nSPS) is 21.3. The van der Waals surface area contributed by atoms with E-state index in [4.69, 9.17) is 16.3 Å². The minimum atomic E-state index is 0.816. The molecule has 4 heteroatoms. The number of nitrogens with one attached hydrogen (secondary N) is 1. The Balaban J connectivity index is 2.13. The second-order valence-electron chi connectivity index (χ2n) is 2.89. The zero-order valence-electron chi connectivity index (χ0n) is 7.35. The van der Waals surface area contributed by atoms with Crippen LogP contribution in [0.4, 0.5) is 0 Å². The number of rotatable bonds is 3. The first kappa shape index (κ1) is 9.99. The molecule has 0 aromatic carbocycles. The molecule has 0 aromatic rings. The first-order chi connectivity index (χ1) is 5.83. The molecule has 1 aliphatic heterocycles. The van der Waals surface area contributed by atoms with E-state index < -0.39 is 0 Å². The molecule has 1 heterocycles. The molecule has 0 aromatic heterocycles. The summed E-state index contributed by atoms with van der Waals surface area (Å²) in [7, 11) is 0. The van der Waals surface area contributed by atoms with Gasteiger partial charge >= 0.3 is 0 Å². The van der Waals surface area contributed by atoms with Crippen LogP contribution in [0.15, 0.2) is 11.1 Å². The standard InChI is InChI=1S/C8H15ClN2O/c1-8(6-9)7-10-11-2-4-12-5-3-11/h6,10H,2-5,7H2,1H3. The molecule has 0 aliphatic carbocycles. The predicted molar refractivity (Wildman–Crippen MR) is 50.0 cm³/mol. The van der Waals surface area contributed by atoms with Crippen LogP contribution in [0.25, 0.3) is 0 Å². The third-order valence-electron chi connectivity index (χ3n) is 1.78. The summed E-state index contributed by atoms with van der Waals surface area (Å²) in [4.78, 5) is 0. The molecule has 0 saturated carbocycles. The van der Waals surface area contributed by atoms with E-state index in [2.05, 4.69) is 10.4 Å². The lowest BCUT2D eigenvalue weighted by atomic mass is 10.3. The van der Waals surface area contributed by atoms with E-state index in [0.717, 1.165) is 38.4 Å². The first-order valence-corrected chi connectivity index (χ1v) is 4.58. The molecule has 0 bridgehead atoms. The number of ether oxygens (including phenoxy) is 1. The Morgan fingerprint density at radius 1 is 1.58 bits per heavy atom. The van der Waals surface area contributed by atoms with Gasteiger partial charge in [0.15, 0.2) is 0 Å². The highest BCUT2D eigenvalue weighted by atomic mass is 35.5. The molecule has 1 rings (SSSR count). The fraction of sp³-hybridized carbons (Fsp3) is 0.750. The SMILES string of the molecule is CC(=CCl)CNN1CCOCC1. The van der Waals surface area contributed by atoms with Crippen molar-refractivity contribution in [3.05, 3.63) is 11.1 Å². The number of hydrogen-bond donors (Lipinski definition) is 1. The molecule has 0 atom stereocenters. The molecule has 1 saturated heterocycles. The lowest BCUT2D eigenvalue weighted by Crippen LogP contribution is -2.46. The molecule has 0 amide bonds. The van der Waals surface area contributed by atoms with Crippen LogP contribution in [0.1, 0.15) is 6.92 Å². The van der Waals surface area contributed by atoms with E-state index >= 15 is 0 Å². The van der Waals surface area contributed by atoms with Crippen molar-refractivity contribution in [2.24, 2.45) is 0 Å². The minimum Gasteiger partial charge on any atom is -0.379 e. The fourth-order valence-corrected chi connectivity index (χ4v) is 1.07. The van der Waals surface area contributed by atoms with Crippen LogP contribution in [-0.4, -0.2) is 37.9 Å². The van der Waals surface area contributed by atoms with Crippen LogP contribution in [0.5, 0.6) is 0 Å². The fourth-order valence-electron chi connectivity index (χ4n) is 0.997. The monoisotopic (exact) mass is 190 g/mol. The molecule has 1 fully saturated rings. The Hall–Kier alpha value is -0.0900. The van der Waals surface area contributed by atoms with Gasteiger partial charge in [-0.2, -0.15) is 0 Å². The lowest BCUT2D eigenvalue weighted by molar-refractivity contribution is 0.0139.